The molecule has 126 valence electrons. The van der Waals surface area contributed by atoms with Crippen LogP contribution in [0.25, 0.3) is 0 Å². The lowest BCUT2D eigenvalue weighted by molar-refractivity contribution is -0.456. The van der Waals surface area contributed by atoms with Gasteiger partial charge in [-0.3, -0.25) is 9.69 Å². The van der Waals surface area contributed by atoms with Crippen LogP contribution in [0.4, 0.5) is 0 Å². The Morgan fingerprint density at radius 2 is 1.71 bits per heavy atom. The van der Waals surface area contributed by atoms with Crippen LogP contribution in [0, 0.1) is 0 Å². The van der Waals surface area contributed by atoms with Gasteiger partial charge >= 0.3 is 0 Å². The van der Waals surface area contributed by atoms with Crippen molar-refractivity contribution in [2.75, 3.05) is 20.1 Å². The number of nitrogens with zero attached hydrogens (tertiary/aromatic N) is 2. The van der Waals surface area contributed by atoms with Crippen molar-refractivity contribution < 1.29 is 9.90 Å². The van der Waals surface area contributed by atoms with Crippen LogP contribution in [-0.2, 0) is 5.06 Å². The van der Waals surface area contributed by atoms with Crippen molar-refractivity contribution in [1.29, 1.82) is 0 Å². The molecule has 24 heavy (non-hydrogen) atoms. The first-order chi connectivity index (χ1) is 11.5. The quantitative estimate of drug-likeness (QED) is 0.800. The molecule has 1 aliphatic rings. The Kier molecular flexibility index (Phi) is 4.90. The lowest BCUT2D eigenvalue weighted by Crippen LogP contribution is -2.48. The highest BCUT2D eigenvalue weighted by atomic mass is 35.5. The van der Waals surface area contributed by atoms with Gasteiger partial charge in [0.05, 0.1) is 6.17 Å². The summed E-state index contributed by atoms with van der Waals surface area (Å²) < 4.78 is 0. The Morgan fingerprint density at radius 1 is 1.12 bits per heavy atom. The van der Waals surface area contributed by atoms with Crippen LogP contribution >= 0.6 is 11.6 Å². The van der Waals surface area contributed by atoms with Gasteiger partial charge in [0.15, 0.2) is 0 Å². The molecule has 0 aliphatic carbocycles. The largest absolute Gasteiger partial charge is 0.834 e. The third kappa shape index (κ3) is 3.46. The SMILES string of the molecule is CN1CCN(C(=O)c2ccccc2)C1CC([O-])(Cl)c1ccccc1. The Balaban J connectivity index is 1.81. The molecule has 0 bridgehead atoms. The lowest BCUT2D eigenvalue weighted by atomic mass is 10.0. The highest BCUT2D eigenvalue weighted by Gasteiger charge is 2.36. The van der Waals surface area contributed by atoms with Crippen LogP contribution in [-0.4, -0.2) is 42.0 Å². The van der Waals surface area contributed by atoms with Crippen LogP contribution in [0.1, 0.15) is 22.3 Å². The second-order valence-corrected chi connectivity index (χ2v) is 6.73. The molecule has 1 saturated heterocycles. The molecule has 0 aromatic heterocycles. The van der Waals surface area contributed by atoms with Crippen molar-refractivity contribution in [1.82, 2.24) is 9.80 Å². The molecule has 0 spiro atoms. The first-order valence-corrected chi connectivity index (χ1v) is 8.38. The molecule has 1 amide bonds. The number of alkyl halides is 1. The molecule has 4 nitrogen and oxygen atoms in total. The van der Waals surface area contributed by atoms with Crippen LogP contribution < -0.4 is 5.11 Å². The van der Waals surface area contributed by atoms with E-state index in [9.17, 15) is 9.90 Å². The Labute approximate surface area is 147 Å². The predicted octanol–water partition coefficient (Wildman–Crippen LogP) is 2.24. The summed E-state index contributed by atoms with van der Waals surface area (Å²) in [5.74, 6) is -0.0644. The van der Waals surface area contributed by atoms with Crippen LogP contribution in [0.3, 0.4) is 0 Å². The van der Waals surface area contributed by atoms with E-state index in [1.807, 2.05) is 36.2 Å². The highest BCUT2D eigenvalue weighted by Crippen LogP contribution is 2.32. The lowest BCUT2D eigenvalue weighted by Gasteiger charge is -2.40. The fourth-order valence-electron chi connectivity index (χ4n) is 3.09. The zero-order valence-electron chi connectivity index (χ0n) is 13.6. The first-order valence-electron chi connectivity index (χ1n) is 8.00. The van der Waals surface area contributed by atoms with Crippen molar-refractivity contribution in [2.45, 2.75) is 17.6 Å². The van der Waals surface area contributed by atoms with Gasteiger partial charge in [-0.25, -0.2) is 0 Å². The van der Waals surface area contributed by atoms with Gasteiger partial charge in [-0.1, -0.05) is 48.5 Å². The van der Waals surface area contributed by atoms with Crippen LogP contribution in [0.5, 0.6) is 0 Å². The van der Waals surface area contributed by atoms with Gasteiger partial charge in [0, 0.05) is 18.7 Å². The summed E-state index contributed by atoms with van der Waals surface area (Å²) in [5, 5.41) is 11.1. The molecule has 1 fully saturated rings. The van der Waals surface area contributed by atoms with Crippen molar-refractivity contribution >= 4 is 17.5 Å². The van der Waals surface area contributed by atoms with E-state index < -0.39 is 5.06 Å². The van der Waals surface area contributed by atoms with Gasteiger partial charge < -0.3 is 10.0 Å². The molecular formula is C19H20ClN2O2-. The highest BCUT2D eigenvalue weighted by molar-refractivity contribution is 6.22. The maximum atomic E-state index is 12.9. The zero-order chi connectivity index (χ0) is 17.2. The molecule has 0 N–H and O–H groups in total. The third-order valence-electron chi connectivity index (χ3n) is 4.49. The third-order valence-corrected chi connectivity index (χ3v) is 4.87. The second kappa shape index (κ2) is 6.93. The van der Waals surface area contributed by atoms with Gasteiger partial charge in [0.2, 0.25) is 0 Å². The summed E-state index contributed by atoms with van der Waals surface area (Å²) >= 11 is 6.30. The number of benzene rings is 2. The minimum atomic E-state index is -1.76. The molecule has 2 atom stereocenters. The van der Waals surface area contributed by atoms with E-state index in [2.05, 4.69) is 0 Å². The first kappa shape index (κ1) is 17.0. The van der Waals surface area contributed by atoms with E-state index in [-0.39, 0.29) is 18.5 Å². The van der Waals surface area contributed by atoms with E-state index >= 15 is 0 Å². The molecule has 0 saturated carbocycles. The maximum absolute atomic E-state index is 12.9. The monoisotopic (exact) mass is 343 g/mol. The molecule has 2 aromatic carbocycles. The summed E-state index contributed by atoms with van der Waals surface area (Å²) in [6.45, 7) is 1.32. The summed E-state index contributed by atoms with van der Waals surface area (Å²) in [4.78, 5) is 16.5. The Bertz CT molecular complexity index is 691. The smallest absolute Gasteiger partial charge is 0.255 e. The van der Waals surface area contributed by atoms with Gasteiger partial charge in [-0.2, -0.15) is 0 Å². The summed E-state index contributed by atoms with van der Waals surface area (Å²) in [7, 11) is 1.92. The van der Waals surface area contributed by atoms with E-state index in [0.29, 0.717) is 17.7 Å². The van der Waals surface area contributed by atoms with E-state index in [4.69, 9.17) is 11.6 Å². The number of rotatable bonds is 4. The average molecular weight is 344 g/mol. The van der Waals surface area contributed by atoms with Crippen molar-refractivity contribution in [3.63, 3.8) is 0 Å². The van der Waals surface area contributed by atoms with Gasteiger partial charge in [-0.15, -0.1) is 11.6 Å². The number of carbonyl (C=O) groups is 1. The fraction of sp³-hybridized carbons (Fsp3) is 0.316. The molecule has 2 aromatic rings. The average Bonchev–Trinajstić information content (AvgIpc) is 2.96. The predicted molar refractivity (Wildman–Crippen MR) is 92.5 cm³/mol. The molecule has 1 aliphatic heterocycles. The minimum absolute atomic E-state index is 0.0644. The molecule has 5 heteroatoms. The normalized spacial score (nSPS) is 20.8. The fourth-order valence-corrected chi connectivity index (χ4v) is 3.35. The van der Waals surface area contributed by atoms with Gasteiger partial charge in [0.25, 0.3) is 5.91 Å². The second-order valence-electron chi connectivity index (χ2n) is 6.12. The zero-order valence-corrected chi connectivity index (χ0v) is 14.3. The van der Waals surface area contributed by atoms with Crippen molar-refractivity contribution in [2.24, 2.45) is 0 Å². The van der Waals surface area contributed by atoms with E-state index in [1.165, 1.54) is 0 Å². The Morgan fingerprint density at radius 3 is 2.33 bits per heavy atom. The minimum Gasteiger partial charge on any atom is -0.834 e. The number of amides is 1. The van der Waals surface area contributed by atoms with Gasteiger partial charge in [-0.05, 0) is 36.2 Å². The van der Waals surface area contributed by atoms with E-state index in [0.717, 1.165) is 6.54 Å². The number of hydrogen-bond acceptors (Lipinski definition) is 3. The molecule has 3 rings (SSSR count). The molecule has 0 radical (unpaired) electrons. The topological polar surface area (TPSA) is 46.6 Å². The summed E-state index contributed by atoms with van der Waals surface area (Å²) in [6.07, 6.45) is -0.180. The van der Waals surface area contributed by atoms with Crippen molar-refractivity contribution in [3.05, 3.63) is 71.8 Å². The summed E-state index contributed by atoms with van der Waals surface area (Å²) in [5.41, 5.74) is 1.16. The summed E-state index contributed by atoms with van der Waals surface area (Å²) in [6, 6.07) is 18.1. The number of carbonyl (C=O) groups excluding carboxylic acids is 1. The van der Waals surface area contributed by atoms with E-state index in [1.54, 1.807) is 41.3 Å². The number of likely N-dealkylation sites (N-methyl/N-ethyl adjacent to an activating group) is 1. The molecular weight excluding hydrogens is 324 g/mol. The van der Waals surface area contributed by atoms with Crippen LogP contribution in [0.15, 0.2) is 60.7 Å². The molecule has 2 unspecified atom stereocenters. The number of halogens is 1. The maximum Gasteiger partial charge on any atom is 0.255 e. The van der Waals surface area contributed by atoms with Crippen molar-refractivity contribution in [3.8, 4) is 0 Å². The van der Waals surface area contributed by atoms with Gasteiger partial charge in [0.1, 0.15) is 0 Å². The molecule has 1 heterocycles. The Hall–Kier alpha value is -1.88. The number of hydrogen-bond donors (Lipinski definition) is 0. The van der Waals surface area contributed by atoms with Crippen LogP contribution in [0.2, 0.25) is 0 Å². The standard InChI is InChI=1S/C19H20ClN2O2/c1-21-12-13-22(18(23)15-8-4-2-5-9-15)17(21)14-19(20,24)16-10-6-3-7-11-16/h2-11,17H,12-14H2,1H3/q-1.